The molecule has 2 aliphatic rings. The lowest BCUT2D eigenvalue weighted by molar-refractivity contribution is -0.148. The van der Waals surface area contributed by atoms with Crippen LogP contribution in [0.3, 0.4) is 0 Å². The van der Waals surface area contributed by atoms with Crippen LogP contribution in [0.4, 0.5) is 0 Å². The maximum atomic E-state index is 13.5. The fraction of sp³-hybridized carbons (Fsp3) is 0.407. The maximum Gasteiger partial charge on any atom is 0.254 e. The summed E-state index contributed by atoms with van der Waals surface area (Å²) in [6.07, 6.45) is 1.39. The van der Waals surface area contributed by atoms with Crippen LogP contribution in [0.2, 0.25) is 0 Å². The topological polar surface area (TPSA) is 150 Å². The summed E-state index contributed by atoms with van der Waals surface area (Å²) in [6, 6.07) is 10.5. The monoisotopic (exact) mass is 536 g/mol. The summed E-state index contributed by atoms with van der Waals surface area (Å²) < 4.78 is 6.01. The van der Waals surface area contributed by atoms with E-state index in [-0.39, 0.29) is 38.5 Å². The van der Waals surface area contributed by atoms with Crippen molar-refractivity contribution in [3.63, 3.8) is 0 Å². The zero-order valence-electron chi connectivity index (χ0n) is 21.8. The highest BCUT2D eigenvalue weighted by Crippen LogP contribution is 2.16. The van der Waals surface area contributed by atoms with Crippen molar-refractivity contribution in [2.24, 2.45) is 0 Å². The fourth-order valence-corrected chi connectivity index (χ4v) is 4.53. The van der Waals surface area contributed by atoms with E-state index in [2.05, 4.69) is 20.9 Å². The molecule has 0 spiro atoms. The van der Waals surface area contributed by atoms with Crippen molar-refractivity contribution in [2.45, 2.75) is 37.6 Å². The molecule has 0 aliphatic carbocycles. The summed E-state index contributed by atoms with van der Waals surface area (Å²) in [7, 11) is 1.46. The predicted molar refractivity (Wildman–Crippen MR) is 139 cm³/mol. The summed E-state index contributed by atoms with van der Waals surface area (Å²) >= 11 is 0. The Morgan fingerprint density at radius 2 is 1.72 bits per heavy atom. The third kappa shape index (κ3) is 7.17. The van der Waals surface area contributed by atoms with Gasteiger partial charge < -0.3 is 30.5 Å². The van der Waals surface area contributed by atoms with Gasteiger partial charge in [0.15, 0.2) is 6.10 Å². The smallest absolute Gasteiger partial charge is 0.254 e. The molecule has 2 aromatic rings. The summed E-state index contributed by atoms with van der Waals surface area (Å²) in [4.78, 5) is 71.9. The first-order valence-electron chi connectivity index (χ1n) is 12.7. The van der Waals surface area contributed by atoms with Crippen LogP contribution in [-0.2, 0) is 30.3 Å². The Bertz CT molecular complexity index is 1210. The Hall–Kier alpha value is -4.32. The number of pyridine rings is 1. The third-order valence-corrected chi connectivity index (χ3v) is 6.60. The molecule has 2 aliphatic heterocycles. The molecule has 5 amide bonds. The van der Waals surface area contributed by atoms with Crippen molar-refractivity contribution < 1.29 is 28.7 Å². The molecule has 206 valence electrons. The van der Waals surface area contributed by atoms with Gasteiger partial charge in [-0.2, -0.15) is 0 Å². The van der Waals surface area contributed by atoms with E-state index in [1.165, 1.54) is 36.2 Å². The highest BCUT2D eigenvalue weighted by atomic mass is 16.5. The number of hydrogen-bond donors (Lipinski definition) is 3. The number of rotatable bonds is 3. The molecule has 39 heavy (non-hydrogen) atoms. The molecular formula is C27H32N6O6. The van der Waals surface area contributed by atoms with Crippen molar-refractivity contribution in [3.05, 3.63) is 66.0 Å². The van der Waals surface area contributed by atoms with Crippen LogP contribution >= 0.6 is 0 Å². The van der Waals surface area contributed by atoms with Crippen molar-refractivity contribution in [2.75, 3.05) is 33.2 Å². The number of hydrogen-bond acceptors (Lipinski definition) is 7. The highest BCUT2D eigenvalue weighted by molar-refractivity contribution is 5.96. The van der Waals surface area contributed by atoms with E-state index < -0.39 is 47.9 Å². The first-order valence-corrected chi connectivity index (χ1v) is 12.7. The second kappa shape index (κ2) is 12.5. The molecule has 12 nitrogen and oxygen atoms in total. The minimum absolute atomic E-state index is 0.00915. The summed E-state index contributed by atoms with van der Waals surface area (Å²) in [5.41, 5.74) is 1.21. The molecule has 4 rings (SSSR count). The second-order valence-electron chi connectivity index (χ2n) is 9.67. The van der Waals surface area contributed by atoms with E-state index in [0.717, 1.165) is 5.56 Å². The van der Waals surface area contributed by atoms with E-state index in [1.54, 1.807) is 12.1 Å². The van der Waals surface area contributed by atoms with Gasteiger partial charge >= 0.3 is 0 Å². The van der Waals surface area contributed by atoms with Gasteiger partial charge in [-0.3, -0.25) is 29.0 Å². The minimum atomic E-state index is -1.09. The molecule has 1 aromatic heterocycles. The van der Waals surface area contributed by atoms with Crippen LogP contribution < -0.4 is 16.0 Å². The van der Waals surface area contributed by atoms with Gasteiger partial charge in [-0.05, 0) is 24.6 Å². The number of amides is 5. The highest BCUT2D eigenvalue weighted by Gasteiger charge is 2.37. The maximum absolute atomic E-state index is 13.5. The van der Waals surface area contributed by atoms with E-state index in [0.29, 0.717) is 5.56 Å². The molecular weight excluding hydrogens is 504 g/mol. The Kier molecular flexibility index (Phi) is 8.87. The predicted octanol–water partition coefficient (Wildman–Crippen LogP) is -0.888. The van der Waals surface area contributed by atoms with Gasteiger partial charge in [0, 0.05) is 44.5 Å². The second-order valence-corrected chi connectivity index (χ2v) is 9.67. The number of benzene rings is 1. The Morgan fingerprint density at radius 3 is 2.44 bits per heavy atom. The van der Waals surface area contributed by atoms with Crippen molar-refractivity contribution in [1.82, 2.24) is 30.7 Å². The largest absolute Gasteiger partial charge is 0.360 e. The minimum Gasteiger partial charge on any atom is -0.360 e. The van der Waals surface area contributed by atoms with Crippen LogP contribution in [0.15, 0.2) is 54.9 Å². The molecule has 2 bridgehead atoms. The molecule has 12 heteroatoms. The first-order chi connectivity index (χ1) is 18.7. The molecule has 0 saturated carbocycles. The quantitative estimate of drug-likeness (QED) is 0.461. The van der Waals surface area contributed by atoms with Gasteiger partial charge in [0.2, 0.25) is 17.7 Å². The molecule has 2 fully saturated rings. The molecule has 0 radical (unpaired) electrons. The third-order valence-electron chi connectivity index (χ3n) is 6.60. The van der Waals surface area contributed by atoms with Crippen LogP contribution in [0.25, 0.3) is 0 Å². The number of nitrogens with zero attached hydrogens (tertiary/aromatic N) is 3. The summed E-state index contributed by atoms with van der Waals surface area (Å²) in [5.74, 6) is -2.35. The molecule has 3 N–H and O–H groups in total. The number of likely N-dealkylation sites (N-methyl/N-ethyl adjacent to an activating group) is 1. The molecule has 2 saturated heterocycles. The van der Waals surface area contributed by atoms with Gasteiger partial charge in [0.05, 0.1) is 19.2 Å². The Labute approximate surface area is 226 Å². The molecule has 4 atom stereocenters. The number of nitrogens with one attached hydrogen (secondary N) is 3. The van der Waals surface area contributed by atoms with Gasteiger partial charge in [0.1, 0.15) is 12.1 Å². The molecule has 3 heterocycles. The molecule has 0 unspecified atom stereocenters. The zero-order valence-corrected chi connectivity index (χ0v) is 21.8. The van der Waals surface area contributed by atoms with Crippen molar-refractivity contribution in [3.8, 4) is 0 Å². The number of ether oxygens (including phenoxy) is 1. The normalized spacial score (nSPS) is 25.1. The number of aromatic nitrogens is 1. The zero-order chi connectivity index (χ0) is 27.9. The standard InChI is InChI=1S/C27H32N6O6/c1-17-24(35)29-13-20-14-33(26(37)19-8-10-28-11-9-19)15-22(39-20)25(36)31-21(12-18-6-4-3-5-7-18)27(38)32(2)16-23(34)30-17/h3-11,17,20-22H,12-16H2,1-2H3,(H,29,35)(H,30,34)(H,31,36)/t17-,20+,21-,22-/m1/s1. The number of carbonyl (C=O) groups excluding carboxylic acids is 5. The number of fused-ring (bicyclic) bond motifs is 2. The van der Waals surface area contributed by atoms with Crippen molar-refractivity contribution >= 4 is 29.5 Å². The van der Waals surface area contributed by atoms with Crippen LogP contribution in [0.1, 0.15) is 22.8 Å². The Morgan fingerprint density at radius 1 is 1.00 bits per heavy atom. The van der Waals surface area contributed by atoms with Crippen LogP contribution in [0.5, 0.6) is 0 Å². The fourth-order valence-electron chi connectivity index (χ4n) is 4.53. The number of morpholine rings is 1. The molecule has 1 aromatic carbocycles. The van der Waals surface area contributed by atoms with Gasteiger partial charge in [-0.15, -0.1) is 0 Å². The average Bonchev–Trinajstić information content (AvgIpc) is 2.95. The van der Waals surface area contributed by atoms with Gasteiger partial charge in [-0.1, -0.05) is 30.3 Å². The lowest BCUT2D eigenvalue weighted by Crippen LogP contribution is -2.59. The van der Waals surface area contributed by atoms with Crippen LogP contribution in [-0.4, -0.2) is 102 Å². The van der Waals surface area contributed by atoms with Crippen molar-refractivity contribution in [1.29, 1.82) is 0 Å². The van der Waals surface area contributed by atoms with E-state index >= 15 is 0 Å². The summed E-state index contributed by atoms with van der Waals surface area (Å²) in [6.45, 7) is 1.32. The van der Waals surface area contributed by atoms with Gasteiger partial charge in [0.25, 0.3) is 11.8 Å². The van der Waals surface area contributed by atoms with E-state index in [9.17, 15) is 24.0 Å². The average molecular weight is 537 g/mol. The number of carbonyl (C=O) groups is 5. The SMILES string of the molecule is C[C@H]1NC(=O)CN(C)C(=O)[C@@H](Cc2ccccc2)NC(=O)[C@H]2CN(C(=O)c3ccncc3)C[C@H](CNC1=O)O2. The van der Waals surface area contributed by atoms with E-state index in [1.807, 2.05) is 30.3 Å². The van der Waals surface area contributed by atoms with E-state index in [4.69, 9.17) is 4.74 Å². The lowest BCUT2D eigenvalue weighted by Gasteiger charge is -2.38. The lowest BCUT2D eigenvalue weighted by atomic mass is 10.0. The first kappa shape index (κ1) is 27.7. The summed E-state index contributed by atoms with van der Waals surface area (Å²) in [5, 5.41) is 8.08. The Balaban J connectivity index is 1.62. The van der Waals surface area contributed by atoms with Gasteiger partial charge in [-0.25, -0.2) is 0 Å². The van der Waals surface area contributed by atoms with Crippen LogP contribution in [0, 0.1) is 0 Å².